The number of Topliss-reactive ketones (excluding diaryl/α,β-unsaturated/α-hetero) is 1. The van der Waals surface area contributed by atoms with E-state index in [4.69, 9.17) is 4.74 Å². The van der Waals surface area contributed by atoms with E-state index in [9.17, 15) is 4.79 Å². The predicted octanol–water partition coefficient (Wildman–Crippen LogP) is 2.43. The van der Waals surface area contributed by atoms with E-state index in [0.717, 1.165) is 6.42 Å². The molecule has 0 N–H and O–H groups in total. The van der Waals surface area contributed by atoms with Crippen LogP contribution in [0.15, 0.2) is 0 Å². The topological polar surface area (TPSA) is 35.5 Å². The number of methoxy groups -OCH3 is 2. The lowest BCUT2D eigenvalue weighted by molar-refractivity contribution is -0.125. The largest absolute Gasteiger partial charge is 0.379 e. The number of hydrogen-bond donors (Lipinski definition) is 0. The second kappa shape index (κ2) is 7.94. The van der Waals surface area contributed by atoms with E-state index in [-0.39, 0.29) is 17.5 Å². The molecule has 0 aromatic heterocycles. The first-order valence-corrected chi connectivity index (χ1v) is 4.89. The highest BCUT2D eigenvalue weighted by Crippen LogP contribution is 2.10. The van der Waals surface area contributed by atoms with Crippen LogP contribution in [0.4, 0.5) is 0 Å². The molecule has 0 rings (SSSR count). The molecule has 0 spiro atoms. The summed E-state index contributed by atoms with van der Waals surface area (Å²) in [7, 11) is 3.26. The predicted molar refractivity (Wildman–Crippen MR) is 58.5 cm³/mol. The Balaban J connectivity index is 0. The van der Waals surface area contributed by atoms with Crippen LogP contribution >= 0.6 is 0 Å². The standard InChI is InChI=1S/C6H14O.C5H10O2/c1-5-6(2,3)7-4;1-4(6)5(2)7-3/h5H2,1-4H3;5H,1-3H3. The average molecular weight is 204 g/mol. The highest BCUT2D eigenvalue weighted by atomic mass is 16.5. The molecule has 0 saturated carbocycles. The van der Waals surface area contributed by atoms with Crippen LogP contribution in [0.2, 0.25) is 0 Å². The molecule has 0 fully saturated rings. The molecule has 3 nitrogen and oxygen atoms in total. The molecule has 1 atom stereocenters. The Morgan fingerprint density at radius 2 is 1.79 bits per heavy atom. The molecule has 14 heavy (non-hydrogen) atoms. The lowest BCUT2D eigenvalue weighted by Gasteiger charge is -2.19. The zero-order valence-electron chi connectivity index (χ0n) is 10.5. The van der Waals surface area contributed by atoms with Gasteiger partial charge in [-0.15, -0.1) is 0 Å². The van der Waals surface area contributed by atoms with Crippen molar-refractivity contribution in [2.24, 2.45) is 0 Å². The van der Waals surface area contributed by atoms with Gasteiger partial charge < -0.3 is 9.47 Å². The number of carbonyl (C=O) groups is 1. The first kappa shape index (κ1) is 16.0. The minimum Gasteiger partial charge on any atom is -0.379 e. The van der Waals surface area contributed by atoms with Crippen molar-refractivity contribution in [3.63, 3.8) is 0 Å². The van der Waals surface area contributed by atoms with Gasteiger partial charge in [0.25, 0.3) is 0 Å². The molecular formula is C11H24O3. The molecule has 0 radical (unpaired) electrons. The highest BCUT2D eigenvalue weighted by Gasteiger charge is 2.10. The van der Waals surface area contributed by atoms with Gasteiger partial charge in [-0.3, -0.25) is 4.79 Å². The summed E-state index contributed by atoms with van der Waals surface area (Å²) in [6, 6.07) is 0. The van der Waals surface area contributed by atoms with E-state index in [2.05, 4.69) is 25.5 Å². The van der Waals surface area contributed by atoms with E-state index >= 15 is 0 Å². The van der Waals surface area contributed by atoms with E-state index < -0.39 is 0 Å². The van der Waals surface area contributed by atoms with Gasteiger partial charge in [0.1, 0.15) is 6.10 Å². The summed E-state index contributed by atoms with van der Waals surface area (Å²) in [5, 5.41) is 0. The third-order valence-electron chi connectivity index (χ3n) is 2.33. The Bertz CT molecular complexity index is 147. The summed E-state index contributed by atoms with van der Waals surface area (Å²) >= 11 is 0. The Morgan fingerprint density at radius 3 is 1.79 bits per heavy atom. The molecule has 0 heterocycles. The van der Waals surface area contributed by atoms with Crippen molar-refractivity contribution >= 4 is 5.78 Å². The lowest BCUT2D eigenvalue weighted by atomic mass is 10.1. The zero-order chi connectivity index (χ0) is 11.8. The van der Waals surface area contributed by atoms with Crippen molar-refractivity contribution in [2.45, 2.75) is 52.7 Å². The number of hydrogen-bond acceptors (Lipinski definition) is 3. The Kier molecular flexibility index (Phi) is 9.10. The van der Waals surface area contributed by atoms with Gasteiger partial charge in [0, 0.05) is 14.2 Å². The highest BCUT2D eigenvalue weighted by molar-refractivity contribution is 5.79. The van der Waals surface area contributed by atoms with Gasteiger partial charge in [-0.2, -0.15) is 0 Å². The van der Waals surface area contributed by atoms with Crippen molar-refractivity contribution in [3.8, 4) is 0 Å². The second-order valence-corrected chi connectivity index (χ2v) is 3.81. The van der Waals surface area contributed by atoms with Crippen LogP contribution < -0.4 is 0 Å². The van der Waals surface area contributed by atoms with Gasteiger partial charge in [0.2, 0.25) is 0 Å². The maximum atomic E-state index is 10.2. The molecular weight excluding hydrogens is 180 g/mol. The second-order valence-electron chi connectivity index (χ2n) is 3.81. The van der Waals surface area contributed by atoms with Gasteiger partial charge in [-0.25, -0.2) is 0 Å². The Hall–Kier alpha value is -0.410. The summed E-state index contributed by atoms with van der Waals surface area (Å²) in [6.07, 6.45) is 0.837. The SMILES string of the molecule is CCC(C)(C)OC.COC(C)C(C)=O. The van der Waals surface area contributed by atoms with Gasteiger partial charge in [-0.1, -0.05) is 6.92 Å². The summed E-state index contributed by atoms with van der Waals surface area (Å²) in [5.41, 5.74) is 0.0833. The molecule has 0 aromatic carbocycles. The molecule has 0 aromatic rings. The van der Waals surface area contributed by atoms with Crippen LogP contribution in [0.1, 0.15) is 41.0 Å². The van der Waals surface area contributed by atoms with Crippen molar-refractivity contribution in [1.82, 2.24) is 0 Å². The van der Waals surface area contributed by atoms with Crippen LogP contribution in [0.3, 0.4) is 0 Å². The van der Waals surface area contributed by atoms with Crippen molar-refractivity contribution < 1.29 is 14.3 Å². The first-order chi connectivity index (χ1) is 6.30. The number of ether oxygens (including phenoxy) is 2. The van der Waals surface area contributed by atoms with Crippen LogP contribution in [0, 0.1) is 0 Å². The Morgan fingerprint density at radius 1 is 1.36 bits per heavy atom. The molecule has 0 saturated heterocycles. The zero-order valence-corrected chi connectivity index (χ0v) is 10.5. The fourth-order valence-electron chi connectivity index (χ4n) is 0.310. The number of rotatable bonds is 4. The van der Waals surface area contributed by atoms with Gasteiger partial charge in [0.05, 0.1) is 5.60 Å². The van der Waals surface area contributed by atoms with E-state index in [1.165, 1.54) is 14.0 Å². The van der Waals surface area contributed by atoms with E-state index in [1.54, 1.807) is 14.0 Å². The van der Waals surface area contributed by atoms with Crippen LogP contribution in [-0.4, -0.2) is 31.7 Å². The maximum Gasteiger partial charge on any atom is 0.158 e. The quantitative estimate of drug-likeness (QED) is 0.705. The third kappa shape index (κ3) is 9.68. The fraction of sp³-hybridized carbons (Fsp3) is 0.909. The summed E-state index contributed by atoms with van der Waals surface area (Å²) < 4.78 is 9.75. The summed E-state index contributed by atoms with van der Waals surface area (Å²) in [5.74, 6) is 0.0718. The van der Waals surface area contributed by atoms with Crippen molar-refractivity contribution in [2.75, 3.05) is 14.2 Å². The number of carbonyl (C=O) groups excluding carboxylic acids is 1. The van der Waals surface area contributed by atoms with Gasteiger partial charge >= 0.3 is 0 Å². The van der Waals surface area contributed by atoms with Crippen LogP contribution in [0.25, 0.3) is 0 Å². The molecule has 0 aliphatic carbocycles. The van der Waals surface area contributed by atoms with E-state index in [0.29, 0.717) is 0 Å². The fourth-order valence-corrected chi connectivity index (χ4v) is 0.310. The number of ketones is 1. The summed E-state index contributed by atoms with van der Waals surface area (Å²) in [6.45, 7) is 9.50. The third-order valence-corrected chi connectivity index (χ3v) is 2.33. The monoisotopic (exact) mass is 204 g/mol. The lowest BCUT2D eigenvalue weighted by Crippen LogP contribution is -2.20. The first-order valence-electron chi connectivity index (χ1n) is 4.89. The smallest absolute Gasteiger partial charge is 0.158 e. The summed E-state index contributed by atoms with van der Waals surface area (Å²) in [4.78, 5) is 10.2. The molecule has 0 aliphatic rings. The van der Waals surface area contributed by atoms with Crippen molar-refractivity contribution in [1.29, 1.82) is 0 Å². The van der Waals surface area contributed by atoms with E-state index in [1.807, 2.05) is 0 Å². The molecule has 0 amide bonds. The van der Waals surface area contributed by atoms with Crippen LogP contribution in [-0.2, 0) is 14.3 Å². The molecule has 0 bridgehead atoms. The van der Waals surface area contributed by atoms with Crippen LogP contribution in [0.5, 0.6) is 0 Å². The normalized spacial score (nSPS) is 12.8. The minimum absolute atomic E-state index is 0.0718. The van der Waals surface area contributed by atoms with Gasteiger partial charge in [0.15, 0.2) is 5.78 Å². The average Bonchev–Trinajstić information content (AvgIpc) is 2.17. The maximum absolute atomic E-state index is 10.2. The minimum atomic E-state index is -0.236. The Labute approximate surface area is 87.8 Å². The molecule has 0 aliphatic heterocycles. The molecule has 1 unspecified atom stereocenters. The van der Waals surface area contributed by atoms with Gasteiger partial charge in [-0.05, 0) is 34.1 Å². The molecule has 3 heteroatoms. The van der Waals surface area contributed by atoms with Crippen molar-refractivity contribution in [3.05, 3.63) is 0 Å². The molecule has 86 valence electrons.